The predicted molar refractivity (Wildman–Crippen MR) is 140 cm³/mol. The van der Waals surface area contributed by atoms with E-state index in [0.717, 1.165) is 30.9 Å². The van der Waals surface area contributed by atoms with Gasteiger partial charge in [0.25, 0.3) is 5.91 Å². The van der Waals surface area contributed by atoms with Gasteiger partial charge in [0.05, 0.1) is 52.9 Å². The van der Waals surface area contributed by atoms with Crippen LogP contribution in [0.15, 0.2) is 18.2 Å². The normalized spacial score (nSPS) is 12.8. The first-order valence-electron chi connectivity index (χ1n) is 12.6. The fourth-order valence-corrected chi connectivity index (χ4v) is 3.74. The molecule has 1 heterocycles. The molecule has 0 aromatic heterocycles. The Balaban J connectivity index is 0.00000352. The molecule has 1 unspecified atom stereocenters. The number of aliphatic hydroxyl groups is 1. The minimum atomic E-state index is -0.691. The van der Waals surface area contributed by atoms with E-state index in [1.807, 2.05) is 6.07 Å². The zero-order valence-corrected chi connectivity index (χ0v) is 22.3. The third kappa shape index (κ3) is 11.7. The summed E-state index contributed by atoms with van der Waals surface area (Å²) in [7, 11) is 2.52. The first-order valence-corrected chi connectivity index (χ1v) is 12.6. The fourth-order valence-electron chi connectivity index (χ4n) is 3.74. The van der Waals surface area contributed by atoms with E-state index in [1.165, 1.54) is 11.9 Å². The molecule has 1 aliphatic heterocycles. The van der Waals surface area contributed by atoms with Crippen LogP contribution in [0, 0.1) is 0 Å². The summed E-state index contributed by atoms with van der Waals surface area (Å²) in [5, 5.41) is 12.9. The summed E-state index contributed by atoms with van der Waals surface area (Å²) in [6, 6.07) is 4.76. The quantitative estimate of drug-likeness (QED) is 0.148. The van der Waals surface area contributed by atoms with Gasteiger partial charge in [-0.3, -0.25) is 9.59 Å². The zero-order valence-electron chi connectivity index (χ0n) is 22.3. The van der Waals surface area contributed by atoms with Gasteiger partial charge in [0.1, 0.15) is 18.6 Å². The molecule has 0 fully saturated rings. The van der Waals surface area contributed by atoms with Crippen molar-refractivity contribution in [1.82, 2.24) is 10.2 Å². The molecule has 12 heteroatoms. The molecule has 12 nitrogen and oxygen atoms in total. The van der Waals surface area contributed by atoms with Crippen molar-refractivity contribution in [3.63, 3.8) is 0 Å². The number of carbonyl (C=O) groups is 4. The molecule has 2 amide bonds. The van der Waals surface area contributed by atoms with Crippen LogP contribution in [0.2, 0.25) is 0 Å². The molecule has 1 aliphatic rings. The summed E-state index contributed by atoms with van der Waals surface area (Å²) in [4.78, 5) is 47.8. The van der Waals surface area contributed by atoms with Crippen molar-refractivity contribution in [3.8, 4) is 0 Å². The number of benzene rings is 1. The van der Waals surface area contributed by atoms with E-state index in [1.54, 1.807) is 12.1 Å². The second-order valence-corrected chi connectivity index (χ2v) is 7.97. The molecule has 2 rings (SSSR count). The standard InChI is InChI=1S/C25H37N3O8.CH4O/c1-26-24(31)23(7-3-9-29)28-19-21-20(25(28)32)5-2-6-22(21)27-8-12-34-14-16-36-18-17-35-15-13-33-11-4-10-30;1-2/h2,5-6,9-10,23,27H,3-4,7-8,11-19H2,1H3,(H,26,31);2H,1H3. The number of rotatable bonds is 21. The second-order valence-electron chi connectivity index (χ2n) is 7.97. The Hall–Kier alpha value is -2.90. The van der Waals surface area contributed by atoms with Crippen molar-refractivity contribution >= 4 is 30.1 Å². The Bertz CT molecular complexity index is 838. The van der Waals surface area contributed by atoms with Crippen LogP contribution in [-0.2, 0) is 39.9 Å². The lowest BCUT2D eigenvalue weighted by atomic mass is 10.1. The number of hydrogen-bond donors (Lipinski definition) is 3. The van der Waals surface area contributed by atoms with Crippen molar-refractivity contribution < 1.29 is 43.2 Å². The summed E-state index contributed by atoms with van der Waals surface area (Å²) in [5.74, 6) is -0.495. The maximum atomic E-state index is 13.0. The van der Waals surface area contributed by atoms with E-state index in [4.69, 9.17) is 24.1 Å². The fraction of sp³-hybridized carbons (Fsp3) is 0.615. The maximum absolute atomic E-state index is 13.0. The summed E-state index contributed by atoms with van der Waals surface area (Å²) in [6.45, 7) is 4.45. The lowest BCUT2D eigenvalue weighted by Gasteiger charge is -2.25. The molecule has 0 saturated heterocycles. The molecular weight excluding hydrogens is 498 g/mol. The number of nitrogens with one attached hydrogen (secondary N) is 2. The summed E-state index contributed by atoms with van der Waals surface area (Å²) < 4.78 is 21.6. The van der Waals surface area contributed by atoms with Crippen molar-refractivity contribution in [1.29, 1.82) is 0 Å². The highest BCUT2D eigenvalue weighted by Gasteiger charge is 2.36. The van der Waals surface area contributed by atoms with E-state index < -0.39 is 6.04 Å². The number of fused-ring (bicyclic) bond motifs is 1. The van der Waals surface area contributed by atoms with E-state index in [9.17, 15) is 19.2 Å². The van der Waals surface area contributed by atoms with Crippen molar-refractivity contribution in [2.24, 2.45) is 0 Å². The lowest BCUT2D eigenvalue weighted by Crippen LogP contribution is -2.46. The van der Waals surface area contributed by atoms with E-state index in [2.05, 4.69) is 10.6 Å². The van der Waals surface area contributed by atoms with E-state index in [-0.39, 0.29) is 24.7 Å². The Morgan fingerprint density at radius 3 is 2.11 bits per heavy atom. The Labute approximate surface area is 223 Å². The van der Waals surface area contributed by atoms with Crippen LogP contribution in [0.25, 0.3) is 0 Å². The van der Waals surface area contributed by atoms with Gasteiger partial charge in [-0.1, -0.05) is 6.07 Å². The smallest absolute Gasteiger partial charge is 0.255 e. The maximum Gasteiger partial charge on any atom is 0.255 e. The zero-order chi connectivity index (χ0) is 28.0. The van der Waals surface area contributed by atoms with Crippen LogP contribution < -0.4 is 10.6 Å². The monoisotopic (exact) mass is 539 g/mol. The Kier molecular flexibility index (Phi) is 18.4. The third-order valence-corrected chi connectivity index (χ3v) is 5.54. The number of likely N-dealkylation sites (N-methyl/N-ethyl adjacent to an activating group) is 1. The number of ether oxygens (including phenoxy) is 4. The third-order valence-electron chi connectivity index (χ3n) is 5.54. The summed E-state index contributed by atoms with van der Waals surface area (Å²) in [6.07, 6.45) is 2.46. The van der Waals surface area contributed by atoms with Gasteiger partial charge in [0, 0.05) is 56.9 Å². The van der Waals surface area contributed by atoms with Gasteiger partial charge >= 0.3 is 0 Å². The van der Waals surface area contributed by atoms with Crippen molar-refractivity contribution in [2.45, 2.75) is 31.8 Å². The number of hydrogen-bond acceptors (Lipinski definition) is 10. The van der Waals surface area contributed by atoms with Crippen LogP contribution >= 0.6 is 0 Å². The number of aldehydes is 2. The molecule has 0 aliphatic carbocycles. The topological polar surface area (TPSA) is 153 Å². The largest absolute Gasteiger partial charge is 0.400 e. The molecule has 0 spiro atoms. The van der Waals surface area contributed by atoms with Crippen molar-refractivity contribution in [3.05, 3.63) is 29.3 Å². The van der Waals surface area contributed by atoms with Crippen LogP contribution in [0.3, 0.4) is 0 Å². The molecule has 38 heavy (non-hydrogen) atoms. The summed E-state index contributed by atoms with van der Waals surface area (Å²) in [5.41, 5.74) is 2.21. The van der Waals surface area contributed by atoms with Gasteiger partial charge in [0.15, 0.2) is 0 Å². The van der Waals surface area contributed by atoms with Gasteiger partial charge in [-0.05, 0) is 18.6 Å². The predicted octanol–water partition coefficient (Wildman–Crippen LogP) is 0.412. The lowest BCUT2D eigenvalue weighted by molar-refractivity contribution is -0.125. The van der Waals surface area contributed by atoms with Gasteiger partial charge in [-0.15, -0.1) is 0 Å². The highest BCUT2D eigenvalue weighted by atomic mass is 16.6. The SMILES string of the molecule is CNC(=O)C(CCC=O)N1Cc2c(NCCOCCOCCOCCOCCC=O)cccc2C1=O.CO. The number of carbonyl (C=O) groups excluding carboxylic acids is 4. The molecular formula is C26H41N3O9. The molecule has 1 aromatic carbocycles. The van der Waals surface area contributed by atoms with Gasteiger partial charge in [-0.25, -0.2) is 0 Å². The highest BCUT2D eigenvalue weighted by Crippen LogP contribution is 2.31. The van der Waals surface area contributed by atoms with Gasteiger partial charge in [-0.2, -0.15) is 0 Å². The first kappa shape index (κ1) is 33.1. The second kappa shape index (κ2) is 21.1. The number of amides is 2. The molecule has 0 radical (unpaired) electrons. The molecule has 1 atom stereocenters. The minimum absolute atomic E-state index is 0.204. The molecule has 3 N–H and O–H groups in total. The molecule has 214 valence electrons. The van der Waals surface area contributed by atoms with E-state index in [0.29, 0.717) is 77.9 Å². The highest BCUT2D eigenvalue weighted by molar-refractivity contribution is 6.02. The van der Waals surface area contributed by atoms with Crippen LogP contribution in [0.1, 0.15) is 35.2 Å². The average Bonchev–Trinajstić information content (AvgIpc) is 3.28. The Morgan fingerprint density at radius 1 is 0.947 bits per heavy atom. The number of aliphatic hydroxyl groups excluding tert-OH is 1. The van der Waals surface area contributed by atoms with Crippen LogP contribution in [0.4, 0.5) is 5.69 Å². The average molecular weight is 540 g/mol. The Morgan fingerprint density at radius 2 is 1.53 bits per heavy atom. The van der Waals surface area contributed by atoms with E-state index >= 15 is 0 Å². The van der Waals surface area contributed by atoms with Crippen LogP contribution in [-0.4, -0.2) is 114 Å². The number of nitrogens with zero attached hydrogens (tertiary/aromatic N) is 1. The summed E-state index contributed by atoms with van der Waals surface area (Å²) >= 11 is 0. The first-order chi connectivity index (χ1) is 18.6. The minimum Gasteiger partial charge on any atom is -0.400 e. The van der Waals surface area contributed by atoms with Crippen molar-refractivity contribution in [2.75, 3.05) is 78.9 Å². The molecule has 0 bridgehead atoms. The molecule has 1 aromatic rings. The van der Waals surface area contributed by atoms with Crippen LogP contribution in [0.5, 0.6) is 0 Å². The molecule has 0 saturated carbocycles. The van der Waals surface area contributed by atoms with Gasteiger partial charge in [0.2, 0.25) is 5.91 Å². The number of anilines is 1. The van der Waals surface area contributed by atoms with Gasteiger partial charge < -0.3 is 49.2 Å².